The van der Waals surface area contributed by atoms with E-state index in [1.54, 1.807) is 6.07 Å². The maximum atomic E-state index is 12.5. The van der Waals surface area contributed by atoms with E-state index in [0.717, 1.165) is 27.6 Å². The molecule has 0 unspecified atom stereocenters. The van der Waals surface area contributed by atoms with Crippen molar-refractivity contribution < 1.29 is 9.21 Å². The van der Waals surface area contributed by atoms with Crippen molar-refractivity contribution in [3.8, 4) is 11.5 Å². The minimum Gasteiger partial charge on any atom is -0.419 e. The first-order valence-electron chi connectivity index (χ1n) is 8.81. The van der Waals surface area contributed by atoms with Gasteiger partial charge in [0.15, 0.2) is 0 Å². The zero-order valence-electron chi connectivity index (χ0n) is 15.4. The van der Waals surface area contributed by atoms with Crippen molar-refractivity contribution in [2.45, 2.75) is 20.4 Å². The molecular formula is C21H18N4O3. The first-order chi connectivity index (χ1) is 13.5. The molecule has 2 heterocycles. The number of benzene rings is 2. The van der Waals surface area contributed by atoms with Gasteiger partial charge < -0.3 is 14.7 Å². The summed E-state index contributed by atoms with van der Waals surface area (Å²) < 4.78 is 5.57. The number of carbonyl (C=O) groups excluding carboxylic acids is 1. The van der Waals surface area contributed by atoms with Crippen LogP contribution < -0.4 is 10.9 Å². The standard InChI is InChI=1S/C21H18N4O3/c1-12-8-13(2)18-15(9-12)10-16(20(27)23-18)19(26)22-11-17-24-25-21(28-17)14-6-4-3-5-7-14/h3-10H,11H2,1-2H3,(H,22,26)(H,23,27). The molecule has 0 atom stereocenters. The lowest BCUT2D eigenvalue weighted by Gasteiger charge is -2.07. The number of fused-ring (bicyclic) bond motifs is 1. The summed E-state index contributed by atoms with van der Waals surface area (Å²) in [6.45, 7) is 3.92. The summed E-state index contributed by atoms with van der Waals surface area (Å²) in [5.74, 6) is 0.136. The van der Waals surface area contributed by atoms with E-state index >= 15 is 0 Å². The van der Waals surface area contributed by atoms with Gasteiger partial charge in [0.1, 0.15) is 5.56 Å². The van der Waals surface area contributed by atoms with Gasteiger partial charge in [0, 0.05) is 5.56 Å². The molecule has 0 bridgehead atoms. The topological polar surface area (TPSA) is 101 Å². The van der Waals surface area contributed by atoms with Crippen LogP contribution >= 0.6 is 0 Å². The number of amides is 1. The van der Waals surface area contributed by atoms with Crippen LogP contribution in [0.25, 0.3) is 22.4 Å². The van der Waals surface area contributed by atoms with Crippen molar-refractivity contribution in [1.29, 1.82) is 0 Å². The Morgan fingerprint density at radius 2 is 1.89 bits per heavy atom. The molecule has 7 heteroatoms. The van der Waals surface area contributed by atoms with Crippen LogP contribution in [0, 0.1) is 13.8 Å². The van der Waals surface area contributed by atoms with E-state index in [4.69, 9.17) is 4.42 Å². The van der Waals surface area contributed by atoms with Gasteiger partial charge in [-0.2, -0.15) is 0 Å². The lowest BCUT2D eigenvalue weighted by Crippen LogP contribution is -2.29. The summed E-state index contributed by atoms with van der Waals surface area (Å²) in [7, 11) is 0. The third-order valence-electron chi connectivity index (χ3n) is 4.43. The van der Waals surface area contributed by atoms with Crippen LogP contribution in [0.4, 0.5) is 0 Å². The highest BCUT2D eigenvalue weighted by atomic mass is 16.4. The molecule has 1 amide bonds. The quantitative estimate of drug-likeness (QED) is 0.571. The monoisotopic (exact) mass is 374 g/mol. The fraction of sp³-hybridized carbons (Fsp3) is 0.143. The Bertz CT molecular complexity index is 1230. The number of hydrogen-bond donors (Lipinski definition) is 2. The van der Waals surface area contributed by atoms with Gasteiger partial charge in [-0.15, -0.1) is 10.2 Å². The highest BCUT2D eigenvalue weighted by molar-refractivity contribution is 5.97. The average Bonchev–Trinajstić information content (AvgIpc) is 3.16. The van der Waals surface area contributed by atoms with Crippen LogP contribution in [-0.4, -0.2) is 21.1 Å². The Balaban J connectivity index is 1.54. The second kappa shape index (κ2) is 7.11. The summed E-state index contributed by atoms with van der Waals surface area (Å²) >= 11 is 0. The second-order valence-corrected chi connectivity index (χ2v) is 6.61. The van der Waals surface area contributed by atoms with Crippen LogP contribution in [-0.2, 0) is 6.54 Å². The number of H-pyrrole nitrogens is 1. The first-order valence-corrected chi connectivity index (χ1v) is 8.81. The van der Waals surface area contributed by atoms with Crippen molar-refractivity contribution >= 4 is 16.8 Å². The molecule has 0 aliphatic heterocycles. The molecule has 0 saturated heterocycles. The molecule has 2 aromatic carbocycles. The summed E-state index contributed by atoms with van der Waals surface area (Å²) in [6.07, 6.45) is 0. The zero-order valence-corrected chi connectivity index (χ0v) is 15.4. The van der Waals surface area contributed by atoms with E-state index in [1.807, 2.05) is 56.3 Å². The molecule has 28 heavy (non-hydrogen) atoms. The number of aromatic nitrogens is 3. The van der Waals surface area contributed by atoms with Crippen LogP contribution in [0.15, 0.2) is 57.7 Å². The van der Waals surface area contributed by atoms with Gasteiger partial charge in [-0.3, -0.25) is 9.59 Å². The fourth-order valence-corrected chi connectivity index (χ4v) is 3.13. The van der Waals surface area contributed by atoms with Crippen molar-refractivity contribution in [1.82, 2.24) is 20.5 Å². The van der Waals surface area contributed by atoms with Crippen LogP contribution in [0.3, 0.4) is 0 Å². The highest BCUT2D eigenvalue weighted by Gasteiger charge is 2.15. The van der Waals surface area contributed by atoms with E-state index in [9.17, 15) is 9.59 Å². The predicted molar refractivity (Wildman–Crippen MR) is 105 cm³/mol. The van der Waals surface area contributed by atoms with Crippen molar-refractivity contribution in [3.63, 3.8) is 0 Å². The Hall–Kier alpha value is -3.74. The van der Waals surface area contributed by atoms with E-state index in [1.165, 1.54) is 0 Å². The summed E-state index contributed by atoms with van der Waals surface area (Å²) in [4.78, 5) is 27.6. The SMILES string of the molecule is Cc1cc(C)c2[nH]c(=O)c(C(=O)NCc3nnc(-c4ccccc4)o3)cc2c1. The predicted octanol–water partition coefficient (Wildman–Crippen LogP) is 3.12. The van der Waals surface area contributed by atoms with Crippen molar-refractivity contribution in [3.05, 3.63) is 81.5 Å². The molecular weight excluding hydrogens is 356 g/mol. The van der Waals surface area contributed by atoms with Gasteiger partial charge in [-0.25, -0.2) is 0 Å². The lowest BCUT2D eigenvalue weighted by atomic mass is 10.1. The van der Waals surface area contributed by atoms with Gasteiger partial charge in [0.05, 0.1) is 12.1 Å². The summed E-state index contributed by atoms with van der Waals surface area (Å²) in [5.41, 5.74) is 3.15. The Kier molecular flexibility index (Phi) is 4.49. The Labute approximate surface area is 160 Å². The second-order valence-electron chi connectivity index (χ2n) is 6.61. The zero-order chi connectivity index (χ0) is 19.7. The smallest absolute Gasteiger partial charge is 0.261 e. The van der Waals surface area contributed by atoms with E-state index in [-0.39, 0.29) is 18.0 Å². The number of hydrogen-bond acceptors (Lipinski definition) is 5. The molecule has 4 rings (SSSR count). The van der Waals surface area contributed by atoms with E-state index in [2.05, 4.69) is 20.5 Å². The third kappa shape index (κ3) is 3.42. The van der Waals surface area contributed by atoms with Crippen LogP contribution in [0.1, 0.15) is 27.4 Å². The number of aromatic amines is 1. The Morgan fingerprint density at radius 3 is 2.68 bits per heavy atom. The molecule has 140 valence electrons. The Morgan fingerprint density at radius 1 is 1.11 bits per heavy atom. The highest BCUT2D eigenvalue weighted by Crippen LogP contribution is 2.19. The van der Waals surface area contributed by atoms with E-state index in [0.29, 0.717) is 5.89 Å². The summed E-state index contributed by atoms with van der Waals surface area (Å²) in [6, 6.07) is 14.9. The lowest BCUT2D eigenvalue weighted by molar-refractivity contribution is 0.0946. The molecule has 0 fully saturated rings. The van der Waals surface area contributed by atoms with Gasteiger partial charge in [0.25, 0.3) is 11.5 Å². The number of carbonyl (C=O) groups is 1. The normalized spacial score (nSPS) is 10.9. The van der Waals surface area contributed by atoms with Crippen molar-refractivity contribution in [2.75, 3.05) is 0 Å². The van der Waals surface area contributed by atoms with Gasteiger partial charge >= 0.3 is 0 Å². The molecule has 7 nitrogen and oxygen atoms in total. The van der Waals surface area contributed by atoms with Crippen LogP contribution in [0.5, 0.6) is 0 Å². The molecule has 0 radical (unpaired) electrons. The number of nitrogens with one attached hydrogen (secondary N) is 2. The maximum Gasteiger partial charge on any atom is 0.261 e. The molecule has 2 N–H and O–H groups in total. The number of aryl methyl sites for hydroxylation is 2. The van der Waals surface area contributed by atoms with Gasteiger partial charge in [-0.05, 0) is 49.1 Å². The number of nitrogens with zero attached hydrogens (tertiary/aromatic N) is 2. The molecule has 0 spiro atoms. The average molecular weight is 374 g/mol. The van der Waals surface area contributed by atoms with E-state index < -0.39 is 11.5 Å². The minimum atomic E-state index is -0.498. The summed E-state index contributed by atoms with van der Waals surface area (Å²) in [5, 5.41) is 11.4. The van der Waals surface area contributed by atoms with Gasteiger partial charge in [0.2, 0.25) is 11.8 Å². The first kappa shape index (κ1) is 17.7. The van der Waals surface area contributed by atoms with Crippen molar-refractivity contribution in [2.24, 2.45) is 0 Å². The molecule has 0 saturated carbocycles. The fourth-order valence-electron chi connectivity index (χ4n) is 3.13. The number of rotatable bonds is 4. The van der Waals surface area contributed by atoms with Gasteiger partial charge in [-0.1, -0.05) is 29.8 Å². The molecule has 2 aromatic heterocycles. The largest absolute Gasteiger partial charge is 0.419 e. The molecule has 0 aliphatic carbocycles. The minimum absolute atomic E-state index is 0.0307. The molecule has 4 aromatic rings. The number of pyridine rings is 1. The molecule has 0 aliphatic rings. The van der Waals surface area contributed by atoms with Crippen LogP contribution in [0.2, 0.25) is 0 Å². The third-order valence-corrected chi connectivity index (χ3v) is 4.43. The maximum absolute atomic E-state index is 12.5.